The summed E-state index contributed by atoms with van der Waals surface area (Å²) >= 11 is 0. The van der Waals surface area contributed by atoms with Gasteiger partial charge in [-0.2, -0.15) is 0 Å². The summed E-state index contributed by atoms with van der Waals surface area (Å²) in [7, 11) is 0. The highest BCUT2D eigenvalue weighted by atomic mass is 16.3. The summed E-state index contributed by atoms with van der Waals surface area (Å²) in [6, 6.07) is 18.0. The van der Waals surface area contributed by atoms with Gasteiger partial charge in [0.1, 0.15) is 0 Å². The Morgan fingerprint density at radius 2 is 1.82 bits per heavy atom. The smallest absolute Gasteiger partial charge is 0.162 e. The molecule has 1 spiro atoms. The van der Waals surface area contributed by atoms with Gasteiger partial charge in [-0.05, 0) is 74.7 Å². The molecule has 0 radical (unpaired) electrons. The van der Waals surface area contributed by atoms with E-state index in [0.29, 0.717) is 6.42 Å². The fourth-order valence-electron chi connectivity index (χ4n) is 5.16. The average Bonchev–Trinajstić information content (AvgIpc) is 2.91. The van der Waals surface area contributed by atoms with Crippen LogP contribution in [0.4, 0.5) is 0 Å². The molecular formula is C25H31NO2. The number of Topliss-reactive ketones (excluding diaryl/α,β-unsaturated/α-hetero) is 1. The second kappa shape index (κ2) is 8.59. The van der Waals surface area contributed by atoms with Crippen molar-refractivity contribution in [1.82, 2.24) is 4.90 Å². The van der Waals surface area contributed by atoms with Gasteiger partial charge in [0.15, 0.2) is 5.78 Å². The summed E-state index contributed by atoms with van der Waals surface area (Å²) in [6.07, 6.45) is 6.74. The summed E-state index contributed by atoms with van der Waals surface area (Å²) in [5.41, 5.74) is 3.53. The van der Waals surface area contributed by atoms with Crippen molar-refractivity contribution in [2.45, 2.75) is 51.0 Å². The van der Waals surface area contributed by atoms with Gasteiger partial charge in [-0.3, -0.25) is 4.79 Å². The van der Waals surface area contributed by atoms with Crippen LogP contribution in [0, 0.1) is 5.41 Å². The van der Waals surface area contributed by atoms with Gasteiger partial charge in [0.25, 0.3) is 0 Å². The van der Waals surface area contributed by atoms with Gasteiger partial charge < -0.3 is 10.0 Å². The lowest BCUT2D eigenvalue weighted by molar-refractivity contribution is 0.0696. The Bertz CT molecular complexity index is 803. The Kier molecular flexibility index (Phi) is 5.93. The van der Waals surface area contributed by atoms with E-state index in [4.69, 9.17) is 0 Å². The third-order valence-electron chi connectivity index (χ3n) is 6.72. The van der Waals surface area contributed by atoms with Gasteiger partial charge in [-0.1, -0.05) is 54.6 Å². The minimum atomic E-state index is -0.319. The molecule has 2 aromatic rings. The van der Waals surface area contributed by atoms with E-state index in [2.05, 4.69) is 23.1 Å². The third kappa shape index (κ3) is 4.37. The second-order valence-corrected chi connectivity index (χ2v) is 8.68. The molecule has 0 saturated carbocycles. The van der Waals surface area contributed by atoms with Crippen LogP contribution in [0.3, 0.4) is 0 Å². The number of aliphatic hydroxyl groups excluding tert-OH is 1. The number of carbonyl (C=O) groups excluding carboxylic acids is 1. The normalized spacial score (nSPS) is 25.2. The summed E-state index contributed by atoms with van der Waals surface area (Å²) in [5.74, 6) is 0.249. The van der Waals surface area contributed by atoms with Crippen LogP contribution < -0.4 is 0 Å². The Balaban J connectivity index is 1.30. The minimum Gasteiger partial charge on any atom is -0.388 e. The Morgan fingerprint density at radius 1 is 1.04 bits per heavy atom. The van der Waals surface area contributed by atoms with Crippen LogP contribution in [-0.2, 0) is 6.42 Å². The number of carbonyl (C=O) groups is 1. The first-order valence-corrected chi connectivity index (χ1v) is 10.7. The molecule has 1 aliphatic carbocycles. The molecule has 0 bridgehead atoms. The van der Waals surface area contributed by atoms with Crippen molar-refractivity contribution in [2.75, 3.05) is 19.6 Å². The lowest BCUT2D eigenvalue weighted by Crippen LogP contribution is -2.33. The maximum Gasteiger partial charge on any atom is 0.162 e. The van der Waals surface area contributed by atoms with Crippen LogP contribution in [-0.4, -0.2) is 35.4 Å². The molecule has 2 aliphatic rings. The molecule has 2 aromatic carbocycles. The molecule has 1 saturated heterocycles. The maximum atomic E-state index is 12.3. The van der Waals surface area contributed by atoms with Crippen molar-refractivity contribution in [3.05, 3.63) is 71.3 Å². The molecule has 4 rings (SSSR count). The molecule has 3 heteroatoms. The van der Waals surface area contributed by atoms with E-state index in [0.717, 1.165) is 56.4 Å². The number of nitrogens with zero attached hydrogens (tertiary/aromatic N) is 1. The monoisotopic (exact) mass is 377 g/mol. The molecule has 0 aromatic heterocycles. The number of benzene rings is 2. The maximum absolute atomic E-state index is 12.3. The van der Waals surface area contributed by atoms with Gasteiger partial charge in [0.2, 0.25) is 0 Å². The zero-order valence-electron chi connectivity index (χ0n) is 16.6. The summed E-state index contributed by atoms with van der Waals surface area (Å²) in [6.45, 7) is 3.18. The molecular weight excluding hydrogens is 346 g/mol. The number of fused-ring (bicyclic) bond motifs is 1. The first-order valence-electron chi connectivity index (χ1n) is 10.7. The van der Waals surface area contributed by atoms with E-state index in [-0.39, 0.29) is 17.3 Å². The predicted octanol–water partition coefficient (Wildman–Crippen LogP) is 4.80. The van der Waals surface area contributed by atoms with E-state index in [1.54, 1.807) is 0 Å². The zero-order chi connectivity index (χ0) is 19.4. The van der Waals surface area contributed by atoms with Gasteiger partial charge >= 0.3 is 0 Å². The molecule has 1 N–H and O–H groups in total. The minimum absolute atomic E-state index is 0.238. The molecule has 0 amide bonds. The standard InChI is InChI=1S/C25H31NO2/c27-23(20-8-2-1-3-9-20)12-6-15-26-16-7-13-25(14-17-26)18-21-10-4-5-11-22(21)24(28)19-25/h1-5,8-11,24,28H,6-7,12-19H2. The molecule has 1 heterocycles. The Hall–Kier alpha value is -1.97. The first-order chi connectivity index (χ1) is 13.7. The molecule has 1 aliphatic heterocycles. The molecule has 28 heavy (non-hydrogen) atoms. The van der Waals surface area contributed by atoms with Crippen molar-refractivity contribution in [1.29, 1.82) is 0 Å². The van der Waals surface area contributed by atoms with Crippen LogP contribution >= 0.6 is 0 Å². The van der Waals surface area contributed by atoms with Crippen molar-refractivity contribution in [3.63, 3.8) is 0 Å². The van der Waals surface area contributed by atoms with Crippen molar-refractivity contribution in [3.8, 4) is 0 Å². The van der Waals surface area contributed by atoms with Crippen molar-refractivity contribution >= 4 is 5.78 Å². The van der Waals surface area contributed by atoms with Crippen LogP contribution in [0.15, 0.2) is 54.6 Å². The number of hydrogen-bond acceptors (Lipinski definition) is 3. The van der Waals surface area contributed by atoms with Crippen LogP contribution in [0.2, 0.25) is 0 Å². The number of ketones is 1. The number of rotatable bonds is 5. The van der Waals surface area contributed by atoms with E-state index < -0.39 is 0 Å². The van der Waals surface area contributed by atoms with Gasteiger partial charge in [-0.25, -0.2) is 0 Å². The van der Waals surface area contributed by atoms with Crippen LogP contribution in [0.1, 0.15) is 66.1 Å². The Morgan fingerprint density at radius 3 is 2.68 bits per heavy atom. The second-order valence-electron chi connectivity index (χ2n) is 8.68. The fraction of sp³-hybridized carbons (Fsp3) is 0.480. The highest BCUT2D eigenvalue weighted by molar-refractivity contribution is 5.95. The lowest BCUT2D eigenvalue weighted by atomic mass is 9.66. The van der Waals surface area contributed by atoms with Crippen LogP contribution in [0.25, 0.3) is 0 Å². The number of likely N-dealkylation sites (tertiary alicyclic amines) is 1. The van der Waals surface area contributed by atoms with Gasteiger partial charge in [0, 0.05) is 12.0 Å². The molecule has 1 fully saturated rings. The first kappa shape index (κ1) is 19.4. The van der Waals surface area contributed by atoms with E-state index in [1.165, 1.54) is 18.4 Å². The molecule has 3 nitrogen and oxygen atoms in total. The average molecular weight is 378 g/mol. The van der Waals surface area contributed by atoms with E-state index >= 15 is 0 Å². The van der Waals surface area contributed by atoms with Crippen molar-refractivity contribution < 1.29 is 9.90 Å². The molecule has 2 unspecified atom stereocenters. The largest absolute Gasteiger partial charge is 0.388 e. The SMILES string of the molecule is O=C(CCCN1CCCC2(CC1)Cc1ccccc1C(O)C2)c1ccccc1. The highest BCUT2D eigenvalue weighted by Gasteiger charge is 2.39. The Labute approximate surface area is 168 Å². The van der Waals surface area contributed by atoms with E-state index in [9.17, 15) is 9.90 Å². The topological polar surface area (TPSA) is 40.5 Å². The molecule has 148 valence electrons. The quantitative estimate of drug-likeness (QED) is 0.761. The summed E-state index contributed by atoms with van der Waals surface area (Å²) in [5, 5.41) is 10.7. The van der Waals surface area contributed by atoms with Gasteiger partial charge in [-0.15, -0.1) is 0 Å². The number of hydrogen-bond donors (Lipinski definition) is 1. The lowest BCUT2D eigenvalue weighted by Gasteiger charge is -2.40. The molecule has 2 atom stereocenters. The fourth-order valence-corrected chi connectivity index (χ4v) is 5.16. The summed E-state index contributed by atoms with van der Waals surface area (Å²) in [4.78, 5) is 14.8. The zero-order valence-corrected chi connectivity index (χ0v) is 16.6. The number of aliphatic hydroxyl groups is 1. The summed E-state index contributed by atoms with van der Waals surface area (Å²) < 4.78 is 0. The predicted molar refractivity (Wildman–Crippen MR) is 112 cm³/mol. The third-order valence-corrected chi connectivity index (χ3v) is 6.72. The van der Waals surface area contributed by atoms with E-state index in [1.807, 2.05) is 36.4 Å². The highest BCUT2D eigenvalue weighted by Crippen LogP contribution is 2.47. The van der Waals surface area contributed by atoms with Gasteiger partial charge in [0.05, 0.1) is 6.10 Å². The van der Waals surface area contributed by atoms with Crippen LogP contribution in [0.5, 0.6) is 0 Å². The van der Waals surface area contributed by atoms with Crippen molar-refractivity contribution in [2.24, 2.45) is 5.41 Å².